The van der Waals surface area contributed by atoms with Crippen molar-refractivity contribution in [2.45, 2.75) is 42.7 Å². The lowest BCUT2D eigenvalue weighted by molar-refractivity contribution is 0.128. The van der Waals surface area contributed by atoms with Crippen LogP contribution in [0.2, 0.25) is 5.02 Å². The van der Waals surface area contributed by atoms with Crippen LogP contribution in [-0.4, -0.2) is 72.9 Å². The van der Waals surface area contributed by atoms with E-state index in [4.69, 9.17) is 16.7 Å². The average molecular weight is 480 g/mol. The molecule has 0 bridgehead atoms. The number of sulfone groups is 1. The number of carbonyl (C=O) groups excluding carboxylic acids is 1. The van der Waals surface area contributed by atoms with Gasteiger partial charge < -0.3 is 20.2 Å². The summed E-state index contributed by atoms with van der Waals surface area (Å²) in [6, 6.07) is 9.52. The summed E-state index contributed by atoms with van der Waals surface area (Å²) in [6.07, 6.45) is 1.54. The van der Waals surface area contributed by atoms with Crippen molar-refractivity contribution in [2.75, 3.05) is 25.4 Å². The lowest BCUT2D eigenvalue weighted by atomic mass is 10.1. The number of likely N-dealkylation sites (tertiary alicyclic amines) is 2. The number of carbonyl (C=O) groups is 2. The Balaban J connectivity index is 1.41. The molecule has 2 aliphatic rings. The average Bonchev–Trinajstić information content (AvgIpc) is 3.21. The van der Waals surface area contributed by atoms with Gasteiger partial charge in [0.2, 0.25) is 0 Å². The van der Waals surface area contributed by atoms with Crippen LogP contribution < -0.4 is 5.32 Å². The van der Waals surface area contributed by atoms with Gasteiger partial charge in [0.1, 0.15) is 0 Å². The number of halogens is 1. The molecule has 1 unspecified atom stereocenters. The third-order valence-electron chi connectivity index (χ3n) is 6.28. The van der Waals surface area contributed by atoms with E-state index < -0.39 is 15.9 Å². The highest BCUT2D eigenvalue weighted by atomic mass is 35.5. The van der Waals surface area contributed by atoms with Gasteiger partial charge in [-0.25, -0.2) is 18.0 Å². The summed E-state index contributed by atoms with van der Waals surface area (Å²) in [4.78, 5) is 27.1. The Morgan fingerprint density at radius 1 is 1.03 bits per heavy atom. The fourth-order valence-electron chi connectivity index (χ4n) is 4.49. The summed E-state index contributed by atoms with van der Waals surface area (Å²) in [5, 5.41) is 14.3. The number of benzene rings is 2. The minimum atomic E-state index is -3.59. The smallest absolute Gasteiger partial charge is 0.407 e. The normalized spacial score (nSPS) is 20.0. The number of amides is 3. The number of hydrogen-bond acceptors (Lipinski definition) is 4. The number of hydrogen-bond donors (Lipinski definition) is 2. The molecule has 3 amide bonds. The number of rotatable bonds is 4. The van der Waals surface area contributed by atoms with Crippen molar-refractivity contribution >= 4 is 44.3 Å². The molecule has 4 rings (SSSR count). The Morgan fingerprint density at radius 3 is 2.44 bits per heavy atom. The molecule has 10 heteroatoms. The predicted molar refractivity (Wildman–Crippen MR) is 122 cm³/mol. The number of urea groups is 1. The summed E-state index contributed by atoms with van der Waals surface area (Å²) in [7, 11) is -3.59. The van der Waals surface area contributed by atoms with Gasteiger partial charge in [-0.15, -0.1) is 0 Å². The zero-order valence-electron chi connectivity index (χ0n) is 17.5. The fourth-order valence-corrected chi connectivity index (χ4v) is 6.29. The standard InChI is InChI=1S/C22H26ClN3O5S/c23-17-5-3-16-13-20(6-4-15(16)12-17)32(30,31)14-19-2-1-9-26(19)21(27)24-18-7-10-25(11-8-18)22(28)29/h3-6,12-13,18-19H,1-2,7-11,14H2,(H,24,27)(H,28,29). The van der Waals surface area contributed by atoms with Crippen LogP contribution in [0.3, 0.4) is 0 Å². The molecule has 0 radical (unpaired) electrons. The van der Waals surface area contributed by atoms with Crippen LogP contribution in [0.1, 0.15) is 25.7 Å². The highest BCUT2D eigenvalue weighted by molar-refractivity contribution is 7.91. The summed E-state index contributed by atoms with van der Waals surface area (Å²) >= 11 is 6.01. The van der Waals surface area contributed by atoms with E-state index in [1.807, 2.05) is 0 Å². The molecule has 2 aliphatic heterocycles. The maximum atomic E-state index is 13.1. The third kappa shape index (κ3) is 4.94. The molecular formula is C22H26ClN3O5S. The van der Waals surface area contributed by atoms with E-state index in [9.17, 15) is 18.0 Å². The first-order chi connectivity index (χ1) is 15.2. The lowest BCUT2D eigenvalue weighted by Gasteiger charge is -2.32. The van der Waals surface area contributed by atoms with E-state index in [2.05, 4.69) is 5.32 Å². The predicted octanol–water partition coefficient (Wildman–Crippen LogP) is 3.58. The van der Waals surface area contributed by atoms with Crippen LogP contribution in [0, 0.1) is 0 Å². The molecule has 32 heavy (non-hydrogen) atoms. The van der Waals surface area contributed by atoms with E-state index in [0.717, 1.165) is 17.2 Å². The summed E-state index contributed by atoms with van der Waals surface area (Å²) in [5.41, 5.74) is 0. The minimum Gasteiger partial charge on any atom is -0.465 e. The van der Waals surface area contributed by atoms with Gasteiger partial charge in [0.15, 0.2) is 9.84 Å². The van der Waals surface area contributed by atoms with Crippen LogP contribution in [0.25, 0.3) is 10.8 Å². The number of fused-ring (bicyclic) bond motifs is 1. The lowest BCUT2D eigenvalue weighted by Crippen LogP contribution is -2.51. The van der Waals surface area contributed by atoms with Crippen LogP contribution >= 0.6 is 11.6 Å². The molecule has 0 aliphatic carbocycles. The van der Waals surface area contributed by atoms with Crippen molar-refractivity contribution in [1.29, 1.82) is 0 Å². The third-order valence-corrected chi connectivity index (χ3v) is 8.31. The Hall–Kier alpha value is -2.52. The topological polar surface area (TPSA) is 107 Å². The van der Waals surface area contributed by atoms with E-state index in [1.54, 1.807) is 41.3 Å². The molecule has 0 aromatic heterocycles. The first-order valence-corrected chi connectivity index (χ1v) is 12.7. The van der Waals surface area contributed by atoms with Gasteiger partial charge in [-0.3, -0.25) is 0 Å². The van der Waals surface area contributed by atoms with Gasteiger partial charge in [-0.1, -0.05) is 23.7 Å². The second-order valence-corrected chi connectivity index (χ2v) is 10.9. The van der Waals surface area contributed by atoms with Crippen LogP contribution in [0.5, 0.6) is 0 Å². The first kappa shape index (κ1) is 22.7. The quantitative estimate of drug-likeness (QED) is 0.696. The van der Waals surface area contributed by atoms with E-state index in [1.165, 1.54) is 4.90 Å². The monoisotopic (exact) mass is 479 g/mol. The molecule has 2 heterocycles. The molecule has 2 N–H and O–H groups in total. The molecule has 172 valence electrons. The van der Waals surface area contributed by atoms with E-state index in [-0.39, 0.29) is 28.8 Å². The Bertz CT molecular complexity index is 1130. The van der Waals surface area contributed by atoms with Gasteiger partial charge >= 0.3 is 12.1 Å². The SMILES string of the molecule is O=C(O)N1CCC(NC(=O)N2CCCC2CS(=O)(=O)c2ccc3cc(Cl)ccc3c2)CC1. The van der Waals surface area contributed by atoms with Gasteiger partial charge in [0.05, 0.1) is 10.6 Å². The van der Waals surface area contributed by atoms with Crippen molar-refractivity contribution in [3.63, 3.8) is 0 Å². The summed E-state index contributed by atoms with van der Waals surface area (Å²) < 4.78 is 26.2. The molecule has 0 spiro atoms. The Kier molecular flexibility index (Phi) is 6.48. The second kappa shape index (κ2) is 9.15. The molecule has 2 aromatic carbocycles. The largest absolute Gasteiger partial charge is 0.465 e. The highest BCUT2D eigenvalue weighted by Gasteiger charge is 2.34. The number of nitrogens with one attached hydrogen (secondary N) is 1. The van der Waals surface area contributed by atoms with Gasteiger partial charge in [-0.2, -0.15) is 0 Å². The highest BCUT2D eigenvalue weighted by Crippen LogP contribution is 2.26. The maximum Gasteiger partial charge on any atom is 0.407 e. The number of carboxylic acid groups (broad SMARTS) is 1. The van der Waals surface area contributed by atoms with Crippen LogP contribution in [0.4, 0.5) is 9.59 Å². The molecule has 0 saturated carbocycles. The van der Waals surface area contributed by atoms with Crippen molar-refractivity contribution in [1.82, 2.24) is 15.1 Å². The Morgan fingerprint density at radius 2 is 1.72 bits per heavy atom. The van der Waals surface area contributed by atoms with Crippen molar-refractivity contribution in [3.8, 4) is 0 Å². The summed E-state index contributed by atoms with van der Waals surface area (Å²) in [5.74, 6) is -0.128. The molecule has 2 fully saturated rings. The fraction of sp³-hybridized carbons (Fsp3) is 0.455. The van der Waals surface area contributed by atoms with E-state index in [0.29, 0.717) is 43.9 Å². The number of piperidine rings is 1. The molecule has 2 saturated heterocycles. The molecule has 2 aromatic rings. The summed E-state index contributed by atoms with van der Waals surface area (Å²) in [6.45, 7) is 1.27. The zero-order chi connectivity index (χ0) is 22.9. The van der Waals surface area contributed by atoms with Crippen LogP contribution in [0.15, 0.2) is 41.3 Å². The van der Waals surface area contributed by atoms with Crippen molar-refractivity contribution < 1.29 is 23.1 Å². The van der Waals surface area contributed by atoms with Gasteiger partial charge in [-0.05, 0) is 60.7 Å². The minimum absolute atomic E-state index is 0.108. The molecule has 8 nitrogen and oxygen atoms in total. The maximum absolute atomic E-state index is 13.1. The molecule has 1 atom stereocenters. The van der Waals surface area contributed by atoms with Gasteiger partial charge in [0, 0.05) is 36.7 Å². The van der Waals surface area contributed by atoms with Crippen LogP contribution in [-0.2, 0) is 9.84 Å². The first-order valence-electron chi connectivity index (χ1n) is 10.7. The Labute approximate surface area is 192 Å². The van der Waals surface area contributed by atoms with Crippen molar-refractivity contribution in [3.05, 3.63) is 41.4 Å². The number of nitrogens with zero attached hydrogens (tertiary/aromatic N) is 2. The zero-order valence-corrected chi connectivity index (χ0v) is 19.1. The van der Waals surface area contributed by atoms with E-state index >= 15 is 0 Å². The van der Waals surface area contributed by atoms with Crippen molar-refractivity contribution in [2.24, 2.45) is 0 Å². The second-order valence-electron chi connectivity index (χ2n) is 8.42. The molecular weight excluding hydrogens is 454 g/mol. The van der Waals surface area contributed by atoms with Gasteiger partial charge in [0.25, 0.3) is 0 Å².